The molecule has 0 aromatic heterocycles. The number of hydrogen-bond donors (Lipinski definition) is 1. The highest BCUT2D eigenvalue weighted by Gasteiger charge is 2.08. The molecule has 2 aromatic carbocycles. The highest BCUT2D eigenvalue weighted by Crippen LogP contribution is 2.27. The third-order valence-corrected chi connectivity index (χ3v) is 3.86. The van der Waals surface area contributed by atoms with Gasteiger partial charge in [0, 0.05) is 10.2 Å². The summed E-state index contributed by atoms with van der Waals surface area (Å²) in [5, 5.41) is 3.23. The lowest BCUT2D eigenvalue weighted by molar-refractivity contribution is -0.118. The van der Waals surface area contributed by atoms with Crippen molar-refractivity contribution in [2.24, 2.45) is 0 Å². The van der Waals surface area contributed by atoms with Crippen LogP contribution in [0.2, 0.25) is 5.02 Å². The molecule has 1 amide bonds. The summed E-state index contributed by atoms with van der Waals surface area (Å²) in [4.78, 5) is 11.8. The average Bonchev–Trinajstić information content (AvgIpc) is 2.49. The molecule has 0 aliphatic heterocycles. The van der Waals surface area contributed by atoms with E-state index in [9.17, 15) is 4.79 Å². The number of methoxy groups -OCH3 is 1. The number of nitrogens with one attached hydrogen (secondary N) is 1. The molecule has 4 nitrogen and oxygen atoms in total. The fourth-order valence-corrected chi connectivity index (χ4v) is 2.08. The molecule has 21 heavy (non-hydrogen) atoms. The molecular formula is C15H13BrClNO3. The SMILES string of the molecule is COc1ccccc1OCC(=O)Nc1ccc(Br)c(Cl)c1. The molecule has 0 radical (unpaired) electrons. The normalized spacial score (nSPS) is 10.0. The molecular weight excluding hydrogens is 358 g/mol. The first-order valence-corrected chi connectivity index (χ1v) is 7.28. The lowest BCUT2D eigenvalue weighted by Crippen LogP contribution is -2.20. The maximum atomic E-state index is 11.8. The summed E-state index contributed by atoms with van der Waals surface area (Å²) in [5.74, 6) is 0.820. The molecule has 0 atom stereocenters. The van der Waals surface area contributed by atoms with Gasteiger partial charge in [-0.2, -0.15) is 0 Å². The molecule has 2 aromatic rings. The topological polar surface area (TPSA) is 47.6 Å². The van der Waals surface area contributed by atoms with Crippen molar-refractivity contribution in [1.29, 1.82) is 0 Å². The molecule has 0 saturated heterocycles. The molecule has 0 heterocycles. The summed E-state index contributed by atoms with van der Waals surface area (Å²) >= 11 is 9.25. The van der Waals surface area contributed by atoms with Gasteiger partial charge < -0.3 is 14.8 Å². The van der Waals surface area contributed by atoms with Crippen LogP contribution in [0.3, 0.4) is 0 Å². The predicted octanol–water partition coefficient (Wildman–Crippen LogP) is 4.13. The van der Waals surface area contributed by atoms with Gasteiger partial charge in [0.05, 0.1) is 12.1 Å². The lowest BCUT2D eigenvalue weighted by Gasteiger charge is -2.10. The van der Waals surface area contributed by atoms with Gasteiger partial charge in [0.15, 0.2) is 18.1 Å². The summed E-state index contributed by atoms with van der Waals surface area (Å²) in [6.45, 7) is -0.117. The second kappa shape index (κ2) is 7.33. The van der Waals surface area contributed by atoms with Crippen LogP contribution >= 0.6 is 27.5 Å². The van der Waals surface area contributed by atoms with Crippen LogP contribution < -0.4 is 14.8 Å². The minimum Gasteiger partial charge on any atom is -0.493 e. The first-order valence-electron chi connectivity index (χ1n) is 6.11. The third kappa shape index (κ3) is 4.37. The van der Waals surface area contributed by atoms with Crippen LogP contribution in [0.15, 0.2) is 46.9 Å². The number of amides is 1. The van der Waals surface area contributed by atoms with Crippen molar-refractivity contribution in [3.63, 3.8) is 0 Å². The van der Waals surface area contributed by atoms with Crippen LogP contribution in [0.1, 0.15) is 0 Å². The minimum absolute atomic E-state index is 0.117. The van der Waals surface area contributed by atoms with Crippen molar-refractivity contribution in [2.45, 2.75) is 0 Å². The van der Waals surface area contributed by atoms with Crippen LogP contribution in [0.4, 0.5) is 5.69 Å². The maximum absolute atomic E-state index is 11.8. The number of carbonyl (C=O) groups is 1. The Kier molecular flexibility index (Phi) is 5.47. The Hall–Kier alpha value is -1.72. The maximum Gasteiger partial charge on any atom is 0.262 e. The molecule has 0 aliphatic carbocycles. The van der Waals surface area contributed by atoms with Gasteiger partial charge in [-0.15, -0.1) is 0 Å². The van der Waals surface area contributed by atoms with E-state index < -0.39 is 0 Å². The van der Waals surface area contributed by atoms with Crippen molar-refractivity contribution >= 4 is 39.1 Å². The molecule has 0 fully saturated rings. The van der Waals surface area contributed by atoms with Crippen LogP contribution in [0, 0.1) is 0 Å². The van der Waals surface area contributed by atoms with E-state index in [0.29, 0.717) is 22.2 Å². The van der Waals surface area contributed by atoms with Crippen molar-refractivity contribution in [2.75, 3.05) is 19.0 Å². The zero-order valence-corrected chi connectivity index (χ0v) is 13.6. The van der Waals surface area contributed by atoms with Gasteiger partial charge in [-0.25, -0.2) is 0 Å². The molecule has 1 N–H and O–H groups in total. The Morgan fingerprint density at radius 2 is 1.95 bits per heavy atom. The van der Waals surface area contributed by atoms with Gasteiger partial charge in [-0.1, -0.05) is 23.7 Å². The van der Waals surface area contributed by atoms with E-state index in [2.05, 4.69) is 21.2 Å². The Balaban J connectivity index is 1.94. The standard InChI is InChI=1S/C15H13BrClNO3/c1-20-13-4-2-3-5-14(13)21-9-15(19)18-10-6-7-11(16)12(17)8-10/h2-8H,9H2,1H3,(H,18,19). The Morgan fingerprint density at radius 3 is 2.62 bits per heavy atom. The number of ether oxygens (including phenoxy) is 2. The second-order valence-corrected chi connectivity index (χ2v) is 5.38. The number of anilines is 1. The van der Waals surface area contributed by atoms with Gasteiger partial charge in [0.2, 0.25) is 0 Å². The van der Waals surface area contributed by atoms with Crippen LogP contribution in [0.25, 0.3) is 0 Å². The monoisotopic (exact) mass is 369 g/mol. The predicted molar refractivity (Wildman–Crippen MR) is 86.3 cm³/mol. The van der Waals surface area contributed by atoms with Crippen LogP contribution in [0.5, 0.6) is 11.5 Å². The Bertz CT molecular complexity index is 649. The molecule has 0 saturated carbocycles. The first-order chi connectivity index (χ1) is 10.1. The van der Waals surface area contributed by atoms with E-state index in [-0.39, 0.29) is 12.5 Å². The molecule has 0 unspecified atom stereocenters. The number of carbonyl (C=O) groups excluding carboxylic acids is 1. The smallest absolute Gasteiger partial charge is 0.262 e. The van der Waals surface area contributed by atoms with Crippen molar-refractivity contribution < 1.29 is 14.3 Å². The molecule has 0 spiro atoms. The van der Waals surface area contributed by atoms with Gasteiger partial charge in [-0.3, -0.25) is 4.79 Å². The largest absolute Gasteiger partial charge is 0.493 e. The fourth-order valence-electron chi connectivity index (χ4n) is 1.65. The minimum atomic E-state index is -0.278. The van der Waals surface area contributed by atoms with Gasteiger partial charge in [0.1, 0.15) is 0 Å². The van der Waals surface area contributed by atoms with Gasteiger partial charge in [0.25, 0.3) is 5.91 Å². The van der Waals surface area contributed by atoms with E-state index in [1.165, 1.54) is 0 Å². The zero-order valence-electron chi connectivity index (χ0n) is 11.2. The average molecular weight is 371 g/mol. The number of rotatable bonds is 5. The highest BCUT2D eigenvalue weighted by atomic mass is 79.9. The zero-order chi connectivity index (χ0) is 15.2. The van der Waals surface area contributed by atoms with Crippen LogP contribution in [-0.4, -0.2) is 19.6 Å². The van der Waals surface area contributed by atoms with Crippen LogP contribution in [-0.2, 0) is 4.79 Å². The van der Waals surface area contributed by atoms with E-state index in [0.717, 1.165) is 4.47 Å². The third-order valence-electron chi connectivity index (χ3n) is 2.63. The molecule has 2 rings (SSSR count). The van der Waals surface area contributed by atoms with E-state index in [1.807, 2.05) is 12.1 Å². The number of halogens is 2. The Labute approximate surface area is 136 Å². The second-order valence-electron chi connectivity index (χ2n) is 4.12. The van der Waals surface area contributed by atoms with Crippen molar-refractivity contribution in [3.05, 3.63) is 52.0 Å². The summed E-state index contributed by atoms with van der Waals surface area (Å²) in [6, 6.07) is 12.3. The van der Waals surface area contributed by atoms with Crippen molar-refractivity contribution in [1.82, 2.24) is 0 Å². The quantitative estimate of drug-likeness (QED) is 0.861. The molecule has 110 valence electrons. The highest BCUT2D eigenvalue weighted by molar-refractivity contribution is 9.10. The number of para-hydroxylation sites is 2. The molecule has 0 aliphatic rings. The fraction of sp³-hybridized carbons (Fsp3) is 0.133. The van der Waals surface area contributed by atoms with E-state index in [1.54, 1.807) is 37.4 Å². The van der Waals surface area contributed by atoms with E-state index >= 15 is 0 Å². The Morgan fingerprint density at radius 1 is 1.24 bits per heavy atom. The first kappa shape index (κ1) is 15.7. The van der Waals surface area contributed by atoms with Gasteiger partial charge in [-0.05, 0) is 46.3 Å². The molecule has 6 heteroatoms. The summed E-state index contributed by atoms with van der Waals surface area (Å²) in [6.07, 6.45) is 0. The number of benzene rings is 2. The summed E-state index contributed by atoms with van der Waals surface area (Å²) < 4.78 is 11.4. The van der Waals surface area contributed by atoms with Gasteiger partial charge >= 0.3 is 0 Å². The van der Waals surface area contributed by atoms with Crippen molar-refractivity contribution in [3.8, 4) is 11.5 Å². The number of hydrogen-bond acceptors (Lipinski definition) is 3. The molecule has 0 bridgehead atoms. The lowest BCUT2D eigenvalue weighted by atomic mass is 10.3. The van der Waals surface area contributed by atoms with E-state index in [4.69, 9.17) is 21.1 Å². The summed E-state index contributed by atoms with van der Waals surface area (Å²) in [7, 11) is 1.55. The summed E-state index contributed by atoms with van der Waals surface area (Å²) in [5.41, 5.74) is 0.608.